The maximum Gasteiger partial charge on any atom is 0.306 e. The molecule has 0 amide bonds. The molecular weight excluding hydrogens is 624 g/mol. The van der Waals surface area contributed by atoms with Gasteiger partial charge in [-0.15, -0.1) is 0 Å². The molecule has 2 unspecified atom stereocenters. The first-order valence-electron chi connectivity index (χ1n) is 21.8. The van der Waals surface area contributed by atoms with Gasteiger partial charge in [-0.25, -0.2) is 0 Å². The van der Waals surface area contributed by atoms with Crippen LogP contribution in [0.2, 0.25) is 0 Å². The van der Waals surface area contributed by atoms with Crippen LogP contribution < -0.4 is 0 Å². The monoisotopic (exact) mass is 709 g/mol. The molecule has 0 aliphatic rings. The SMILES string of the molecule is CCCCCCCCCCCCC(=O)OC[C@H](COC(=O)CCCCCCCCC(C)CC)OC(=O)CCCCCCCCCCC(C)CC. The average Bonchev–Trinajstić information content (AvgIpc) is 3.11. The van der Waals surface area contributed by atoms with Gasteiger partial charge in [0, 0.05) is 19.3 Å². The lowest BCUT2D eigenvalue weighted by molar-refractivity contribution is -0.167. The zero-order chi connectivity index (χ0) is 36.9. The molecule has 0 aromatic rings. The summed E-state index contributed by atoms with van der Waals surface area (Å²) in [5, 5.41) is 0. The largest absolute Gasteiger partial charge is 0.462 e. The summed E-state index contributed by atoms with van der Waals surface area (Å²) >= 11 is 0. The van der Waals surface area contributed by atoms with Crippen molar-refractivity contribution < 1.29 is 28.6 Å². The fourth-order valence-electron chi connectivity index (χ4n) is 6.33. The molecule has 0 aromatic heterocycles. The van der Waals surface area contributed by atoms with Gasteiger partial charge in [0.25, 0.3) is 0 Å². The van der Waals surface area contributed by atoms with E-state index < -0.39 is 6.10 Å². The van der Waals surface area contributed by atoms with Gasteiger partial charge in [-0.2, -0.15) is 0 Å². The molecule has 0 radical (unpaired) electrons. The van der Waals surface area contributed by atoms with Crippen LogP contribution in [0.1, 0.15) is 234 Å². The maximum absolute atomic E-state index is 12.7. The van der Waals surface area contributed by atoms with E-state index in [1.54, 1.807) is 0 Å². The van der Waals surface area contributed by atoms with Gasteiger partial charge in [0.2, 0.25) is 0 Å². The van der Waals surface area contributed by atoms with Crippen LogP contribution in [0.4, 0.5) is 0 Å². The minimum absolute atomic E-state index is 0.0662. The van der Waals surface area contributed by atoms with Crippen LogP contribution in [-0.4, -0.2) is 37.2 Å². The Labute approximate surface area is 310 Å². The molecule has 0 aliphatic heterocycles. The van der Waals surface area contributed by atoms with Gasteiger partial charge in [-0.3, -0.25) is 14.4 Å². The van der Waals surface area contributed by atoms with E-state index in [0.29, 0.717) is 19.3 Å². The summed E-state index contributed by atoms with van der Waals surface area (Å²) in [5.74, 6) is 0.793. The van der Waals surface area contributed by atoms with Crippen molar-refractivity contribution in [3.8, 4) is 0 Å². The van der Waals surface area contributed by atoms with Crippen molar-refractivity contribution in [2.24, 2.45) is 11.8 Å². The lowest BCUT2D eigenvalue weighted by Gasteiger charge is -2.18. The fourth-order valence-corrected chi connectivity index (χ4v) is 6.33. The molecule has 3 atom stereocenters. The van der Waals surface area contributed by atoms with E-state index in [1.807, 2.05) is 0 Å². The van der Waals surface area contributed by atoms with Crippen LogP contribution in [-0.2, 0) is 28.6 Å². The third kappa shape index (κ3) is 34.8. The molecule has 0 saturated carbocycles. The van der Waals surface area contributed by atoms with E-state index in [0.717, 1.165) is 69.6 Å². The molecule has 0 N–H and O–H groups in total. The highest BCUT2D eigenvalue weighted by molar-refractivity contribution is 5.71. The molecule has 0 bridgehead atoms. The zero-order valence-corrected chi connectivity index (χ0v) is 34.0. The summed E-state index contributed by atoms with van der Waals surface area (Å²) in [6.45, 7) is 11.3. The van der Waals surface area contributed by atoms with E-state index in [1.165, 1.54) is 122 Å². The van der Waals surface area contributed by atoms with E-state index >= 15 is 0 Å². The summed E-state index contributed by atoms with van der Waals surface area (Å²) in [6.07, 6.45) is 33.7. The topological polar surface area (TPSA) is 78.9 Å². The predicted octanol–water partition coefficient (Wildman–Crippen LogP) is 13.4. The van der Waals surface area contributed by atoms with Gasteiger partial charge in [0.15, 0.2) is 6.10 Å². The van der Waals surface area contributed by atoms with Gasteiger partial charge < -0.3 is 14.2 Å². The average molecular weight is 709 g/mol. The smallest absolute Gasteiger partial charge is 0.306 e. The molecule has 0 heterocycles. The van der Waals surface area contributed by atoms with E-state index in [4.69, 9.17) is 14.2 Å². The fraction of sp³-hybridized carbons (Fsp3) is 0.932. The van der Waals surface area contributed by atoms with E-state index in [2.05, 4.69) is 34.6 Å². The second kappa shape index (κ2) is 37.2. The van der Waals surface area contributed by atoms with Crippen LogP contribution in [0.3, 0.4) is 0 Å². The standard InChI is InChI=1S/C44H84O6/c1-6-9-10-11-12-13-14-18-24-29-34-42(45)48-37-41(38-49-43(46)35-30-25-21-20-23-28-33-40(5)8-3)50-44(47)36-31-26-19-16-15-17-22-27-32-39(4)7-2/h39-41H,6-38H2,1-5H3/t39?,40?,41-/m1/s1. The first-order valence-corrected chi connectivity index (χ1v) is 21.8. The minimum Gasteiger partial charge on any atom is -0.462 e. The van der Waals surface area contributed by atoms with Crippen LogP contribution in [0.25, 0.3) is 0 Å². The summed E-state index contributed by atoms with van der Waals surface area (Å²) in [6, 6.07) is 0. The quantitative estimate of drug-likeness (QED) is 0.0361. The van der Waals surface area contributed by atoms with Crippen LogP contribution in [0, 0.1) is 11.8 Å². The third-order valence-electron chi connectivity index (χ3n) is 10.4. The number of carbonyl (C=O) groups excluding carboxylic acids is 3. The number of unbranched alkanes of at least 4 members (excludes halogenated alkanes) is 21. The highest BCUT2D eigenvalue weighted by Crippen LogP contribution is 2.17. The Balaban J connectivity index is 4.37. The van der Waals surface area contributed by atoms with Crippen LogP contribution in [0.5, 0.6) is 0 Å². The molecule has 6 nitrogen and oxygen atoms in total. The normalized spacial score (nSPS) is 13.1. The summed E-state index contributed by atoms with van der Waals surface area (Å²) in [7, 11) is 0. The number of hydrogen-bond acceptors (Lipinski definition) is 6. The molecule has 296 valence electrons. The predicted molar refractivity (Wildman–Crippen MR) is 210 cm³/mol. The Morgan fingerprint density at radius 2 is 0.700 bits per heavy atom. The van der Waals surface area contributed by atoms with Crippen molar-refractivity contribution in [1.29, 1.82) is 0 Å². The second-order valence-electron chi connectivity index (χ2n) is 15.5. The van der Waals surface area contributed by atoms with Crippen LogP contribution in [0.15, 0.2) is 0 Å². The molecular formula is C44H84O6. The lowest BCUT2D eigenvalue weighted by atomic mass is 9.99. The molecule has 0 rings (SSSR count). The maximum atomic E-state index is 12.7. The van der Waals surface area contributed by atoms with Gasteiger partial charge in [0.1, 0.15) is 13.2 Å². The molecule has 0 fully saturated rings. The molecule has 0 saturated heterocycles. The Bertz CT molecular complexity index is 768. The Kier molecular flexibility index (Phi) is 36.0. The Hall–Kier alpha value is -1.59. The zero-order valence-electron chi connectivity index (χ0n) is 34.0. The minimum atomic E-state index is -0.760. The first-order chi connectivity index (χ1) is 24.3. The summed E-state index contributed by atoms with van der Waals surface area (Å²) in [5.41, 5.74) is 0. The third-order valence-corrected chi connectivity index (χ3v) is 10.4. The molecule has 50 heavy (non-hydrogen) atoms. The lowest BCUT2D eigenvalue weighted by Crippen LogP contribution is -2.30. The molecule has 6 heteroatoms. The number of esters is 3. The molecule has 0 aromatic carbocycles. The Morgan fingerprint density at radius 3 is 1.04 bits per heavy atom. The van der Waals surface area contributed by atoms with Crippen molar-refractivity contribution in [3.05, 3.63) is 0 Å². The number of ether oxygens (including phenoxy) is 3. The van der Waals surface area contributed by atoms with Crippen molar-refractivity contribution in [1.82, 2.24) is 0 Å². The molecule has 0 aliphatic carbocycles. The number of hydrogen-bond donors (Lipinski definition) is 0. The second-order valence-corrected chi connectivity index (χ2v) is 15.5. The van der Waals surface area contributed by atoms with Crippen molar-refractivity contribution in [2.75, 3.05) is 13.2 Å². The summed E-state index contributed by atoms with van der Waals surface area (Å²) < 4.78 is 16.7. The van der Waals surface area contributed by atoms with Gasteiger partial charge >= 0.3 is 17.9 Å². The van der Waals surface area contributed by atoms with E-state index in [-0.39, 0.29) is 31.1 Å². The molecule has 0 spiro atoms. The first kappa shape index (κ1) is 48.4. The van der Waals surface area contributed by atoms with Gasteiger partial charge in [-0.05, 0) is 31.1 Å². The highest BCUT2D eigenvalue weighted by Gasteiger charge is 2.19. The van der Waals surface area contributed by atoms with Gasteiger partial charge in [0.05, 0.1) is 0 Å². The van der Waals surface area contributed by atoms with E-state index in [9.17, 15) is 14.4 Å². The van der Waals surface area contributed by atoms with Crippen LogP contribution >= 0.6 is 0 Å². The Morgan fingerprint density at radius 1 is 0.400 bits per heavy atom. The summed E-state index contributed by atoms with van der Waals surface area (Å²) in [4.78, 5) is 37.6. The number of carbonyl (C=O) groups is 3. The van der Waals surface area contributed by atoms with Crippen molar-refractivity contribution >= 4 is 17.9 Å². The van der Waals surface area contributed by atoms with Crippen molar-refractivity contribution in [3.63, 3.8) is 0 Å². The highest BCUT2D eigenvalue weighted by atomic mass is 16.6. The van der Waals surface area contributed by atoms with Gasteiger partial charge in [-0.1, -0.05) is 195 Å². The number of rotatable bonds is 38. The van der Waals surface area contributed by atoms with Crippen molar-refractivity contribution in [2.45, 2.75) is 240 Å².